The van der Waals surface area contributed by atoms with Crippen LogP contribution in [0.25, 0.3) is 10.9 Å². The van der Waals surface area contributed by atoms with Gasteiger partial charge < -0.3 is 19.2 Å². The molecule has 0 radical (unpaired) electrons. The molecule has 1 aliphatic rings. The number of nitrogens with one attached hydrogen (secondary N) is 1. The van der Waals surface area contributed by atoms with E-state index in [1.807, 2.05) is 55.6 Å². The molecule has 6 nitrogen and oxygen atoms in total. The molecule has 1 aliphatic heterocycles. The van der Waals surface area contributed by atoms with E-state index in [9.17, 15) is 9.59 Å². The van der Waals surface area contributed by atoms with Gasteiger partial charge >= 0.3 is 11.9 Å². The number of aromatic amines is 1. The van der Waals surface area contributed by atoms with Gasteiger partial charge in [-0.15, -0.1) is 0 Å². The van der Waals surface area contributed by atoms with E-state index in [0.717, 1.165) is 33.3 Å². The summed E-state index contributed by atoms with van der Waals surface area (Å²) in [5.41, 5.74) is 3.48. The predicted octanol–water partition coefficient (Wildman–Crippen LogP) is 4.07. The fourth-order valence-electron chi connectivity index (χ4n) is 4.00. The first-order chi connectivity index (χ1) is 13.8. The molecule has 0 aliphatic carbocycles. The lowest BCUT2D eigenvalue weighted by Crippen LogP contribution is -2.48. The lowest BCUT2D eigenvalue weighted by Gasteiger charge is -2.36. The summed E-state index contributed by atoms with van der Waals surface area (Å²) in [6, 6.07) is 13.4. The van der Waals surface area contributed by atoms with Crippen LogP contribution >= 0.6 is 0 Å². The van der Waals surface area contributed by atoms with Crippen molar-refractivity contribution in [3.8, 4) is 5.75 Å². The fraction of sp³-hybridized carbons (Fsp3) is 0.304. The summed E-state index contributed by atoms with van der Waals surface area (Å²) in [4.78, 5) is 29.1. The highest BCUT2D eigenvalue weighted by atomic mass is 16.7. The third-order valence-electron chi connectivity index (χ3n) is 5.27. The zero-order chi connectivity index (χ0) is 20.8. The lowest BCUT2D eigenvalue weighted by atomic mass is 9.79. The van der Waals surface area contributed by atoms with Gasteiger partial charge in [0.15, 0.2) is 5.92 Å². The molecular weight excluding hydrogens is 370 g/mol. The van der Waals surface area contributed by atoms with Crippen molar-refractivity contribution in [2.45, 2.75) is 32.5 Å². The minimum absolute atomic E-state index is 0.563. The van der Waals surface area contributed by atoms with Crippen molar-refractivity contribution in [2.75, 3.05) is 7.11 Å². The second kappa shape index (κ2) is 6.95. The molecule has 0 bridgehead atoms. The Morgan fingerprint density at radius 2 is 1.76 bits per heavy atom. The Kier molecular flexibility index (Phi) is 4.57. The van der Waals surface area contributed by atoms with Gasteiger partial charge in [-0.05, 0) is 35.7 Å². The number of rotatable bonds is 4. The van der Waals surface area contributed by atoms with Crippen LogP contribution in [-0.4, -0.2) is 29.8 Å². The van der Waals surface area contributed by atoms with Gasteiger partial charge in [-0.3, -0.25) is 9.59 Å². The summed E-state index contributed by atoms with van der Waals surface area (Å²) in [6.07, 6.45) is 1.84. The number of aryl methyl sites for hydroxylation is 1. The van der Waals surface area contributed by atoms with Gasteiger partial charge in [0.2, 0.25) is 0 Å². The Morgan fingerprint density at radius 1 is 1.07 bits per heavy atom. The summed E-state index contributed by atoms with van der Waals surface area (Å²) in [5, 5.41) is 0.941. The summed E-state index contributed by atoms with van der Waals surface area (Å²) in [6.45, 7) is 5.03. The van der Waals surface area contributed by atoms with Gasteiger partial charge in [-0.2, -0.15) is 0 Å². The fourth-order valence-corrected chi connectivity index (χ4v) is 4.00. The number of carbonyl (C=O) groups is 2. The average molecular weight is 393 g/mol. The molecule has 29 heavy (non-hydrogen) atoms. The second-order valence-electron chi connectivity index (χ2n) is 7.72. The van der Waals surface area contributed by atoms with Crippen LogP contribution < -0.4 is 4.74 Å². The van der Waals surface area contributed by atoms with E-state index in [1.54, 1.807) is 21.0 Å². The minimum Gasteiger partial charge on any atom is -0.496 e. The zero-order valence-electron chi connectivity index (χ0n) is 16.8. The first-order valence-corrected chi connectivity index (χ1v) is 9.47. The monoisotopic (exact) mass is 393 g/mol. The number of hydrogen-bond acceptors (Lipinski definition) is 5. The van der Waals surface area contributed by atoms with Crippen molar-refractivity contribution in [3.05, 3.63) is 65.4 Å². The second-order valence-corrected chi connectivity index (χ2v) is 7.72. The number of hydrogen-bond donors (Lipinski definition) is 1. The predicted molar refractivity (Wildman–Crippen MR) is 108 cm³/mol. The number of benzene rings is 2. The molecule has 1 aromatic heterocycles. The molecule has 0 unspecified atom stereocenters. The largest absolute Gasteiger partial charge is 0.496 e. The van der Waals surface area contributed by atoms with Crippen LogP contribution in [0.2, 0.25) is 0 Å². The summed E-state index contributed by atoms with van der Waals surface area (Å²) < 4.78 is 16.2. The number of esters is 2. The van der Waals surface area contributed by atoms with Gasteiger partial charge in [-0.1, -0.05) is 30.3 Å². The first kappa shape index (κ1) is 19.1. The van der Waals surface area contributed by atoms with Crippen molar-refractivity contribution in [1.82, 2.24) is 4.98 Å². The Morgan fingerprint density at radius 3 is 2.41 bits per heavy atom. The number of methoxy groups -OCH3 is 1. The molecule has 6 heteroatoms. The van der Waals surface area contributed by atoms with E-state index in [0.29, 0.717) is 0 Å². The van der Waals surface area contributed by atoms with E-state index < -0.39 is 29.6 Å². The van der Waals surface area contributed by atoms with Gasteiger partial charge in [0.05, 0.1) is 7.11 Å². The molecule has 3 aromatic rings. The SMILES string of the molecule is COc1ccc([C@H](c2c[nH]c3ccccc23)C2C(=O)OC(C)(C)OC2=O)cc1C. The topological polar surface area (TPSA) is 77.6 Å². The Balaban J connectivity index is 1.89. The molecule has 1 atom stereocenters. The maximum Gasteiger partial charge on any atom is 0.324 e. The van der Waals surface area contributed by atoms with Crippen molar-refractivity contribution in [1.29, 1.82) is 0 Å². The first-order valence-electron chi connectivity index (χ1n) is 9.47. The van der Waals surface area contributed by atoms with Crippen molar-refractivity contribution in [2.24, 2.45) is 5.92 Å². The summed E-state index contributed by atoms with van der Waals surface area (Å²) in [7, 11) is 1.61. The van der Waals surface area contributed by atoms with Crippen molar-refractivity contribution in [3.63, 3.8) is 0 Å². The highest BCUT2D eigenvalue weighted by molar-refractivity contribution is 5.99. The smallest absolute Gasteiger partial charge is 0.324 e. The van der Waals surface area contributed by atoms with Gasteiger partial charge in [-0.25, -0.2) is 0 Å². The number of carbonyl (C=O) groups excluding carboxylic acids is 2. The standard InChI is InChI=1S/C23H23NO5/c1-13-11-14(9-10-18(13)27-4)19(16-12-24-17-8-6-5-7-15(16)17)20-21(25)28-23(2,3)29-22(20)26/h5-12,19-20,24H,1-4H3/t19-/m1/s1. The molecule has 0 saturated carbocycles. The molecule has 1 N–H and O–H groups in total. The van der Waals surface area contributed by atoms with Crippen LogP contribution in [0, 0.1) is 12.8 Å². The number of fused-ring (bicyclic) bond motifs is 1. The van der Waals surface area contributed by atoms with Gasteiger partial charge in [0.1, 0.15) is 5.75 Å². The Hall–Kier alpha value is -3.28. The number of ether oxygens (including phenoxy) is 3. The van der Waals surface area contributed by atoms with E-state index in [1.165, 1.54) is 0 Å². The maximum absolute atomic E-state index is 12.9. The number of H-pyrrole nitrogens is 1. The van der Waals surface area contributed by atoms with Gasteiger partial charge in [0.25, 0.3) is 5.79 Å². The number of cyclic esters (lactones) is 2. The van der Waals surface area contributed by atoms with Crippen LogP contribution in [-0.2, 0) is 19.1 Å². The average Bonchev–Trinajstić information content (AvgIpc) is 3.07. The molecule has 1 fully saturated rings. The summed E-state index contributed by atoms with van der Waals surface area (Å²) >= 11 is 0. The third kappa shape index (κ3) is 3.35. The van der Waals surface area contributed by atoms with Gasteiger partial charge in [0, 0.05) is 36.9 Å². The minimum atomic E-state index is -1.27. The van der Waals surface area contributed by atoms with Crippen molar-refractivity contribution >= 4 is 22.8 Å². The number of para-hydroxylation sites is 1. The molecule has 1 saturated heterocycles. The normalized spacial score (nSPS) is 17.7. The lowest BCUT2D eigenvalue weighted by molar-refractivity contribution is -0.240. The van der Waals surface area contributed by atoms with E-state index in [4.69, 9.17) is 14.2 Å². The van der Waals surface area contributed by atoms with Crippen molar-refractivity contribution < 1.29 is 23.8 Å². The van der Waals surface area contributed by atoms with E-state index in [2.05, 4.69) is 4.98 Å². The molecule has 2 heterocycles. The molecule has 4 rings (SSSR count). The Labute approximate surface area is 168 Å². The third-order valence-corrected chi connectivity index (χ3v) is 5.27. The van der Waals surface area contributed by atoms with Crippen LogP contribution in [0.1, 0.15) is 36.5 Å². The highest BCUT2D eigenvalue weighted by Gasteiger charge is 2.48. The number of aromatic nitrogens is 1. The quantitative estimate of drug-likeness (QED) is 0.534. The van der Waals surface area contributed by atoms with Crippen LogP contribution in [0.5, 0.6) is 5.75 Å². The molecule has 0 amide bonds. The molecular formula is C23H23NO5. The zero-order valence-corrected chi connectivity index (χ0v) is 16.8. The Bertz CT molecular complexity index is 1080. The van der Waals surface area contributed by atoms with E-state index >= 15 is 0 Å². The maximum atomic E-state index is 12.9. The molecule has 0 spiro atoms. The van der Waals surface area contributed by atoms with Crippen LogP contribution in [0.3, 0.4) is 0 Å². The summed E-state index contributed by atoms with van der Waals surface area (Å²) in [5.74, 6) is -3.38. The van der Waals surface area contributed by atoms with Crippen LogP contribution in [0.15, 0.2) is 48.7 Å². The molecule has 150 valence electrons. The van der Waals surface area contributed by atoms with E-state index in [-0.39, 0.29) is 0 Å². The van der Waals surface area contributed by atoms with Crippen LogP contribution in [0.4, 0.5) is 0 Å². The highest BCUT2D eigenvalue weighted by Crippen LogP contribution is 2.41. The molecule has 2 aromatic carbocycles.